The summed E-state index contributed by atoms with van der Waals surface area (Å²) in [5.41, 5.74) is 0.562. The molecule has 0 aliphatic rings. The van der Waals surface area contributed by atoms with Gasteiger partial charge in [0, 0.05) is 5.02 Å². The van der Waals surface area contributed by atoms with E-state index in [1.54, 1.807) is 18.2 Å². The fourth-order valence-corrected chi connectivity index (χ4v) is 1.91. The summed E-state index contributed by atoms with van der Waals surface area (Å²) in [6.45, 7) is 1.97. The van der Waals surface area contributed by atoms with Crippen LogP contribution >= 0.6 is 23.2 Å². The van der Waals surface area contributed by atoms with Crippen LogP contribution in [0.3, 0.4) is 0 Å². The molecule has 2 rings (SSSR count). The second-order valence-corrected chi connectivity index (χ2v) is 4.73. The Bertz CT molecular complexity index is 543. The molecule has 1 atom stereocenters. The van der Waals surface area contributed by atoms with Crippen LogP contribution in [0.1, 0.15) is 31.7 Å². The minimum absolute atomic E-state index is 0.257. The van der Waals surface area contributed by atoms with Crippen molar-refractivity contribution in [2.45, 2.75) is 25.9 Å². The van der Waals surface area contributed by atoms with Crippen molar-refractivity contribution in [1.29, 1.82) is 0 Å². The number of aliphatic hydroxyl groups is 1. The van der Waals surface area contributed by atoms with Crippen molar-refractivity contribution < 1.29 is 9.63 Å². The van der Waals surface area contributed by atoms with Gasteiger partial charge >= 0.3 is 0 Å². The topological polar surface area (TPSA) is 59.2 Å². The molecule has 0 bridgehead atoms. The van der Waals surface area contributed by atoms with Gasteiger partial charge in [-0.25, -0.2) is 0 Å². The van der Waals surface area contributed by atoms with Gasteiger partial charge in [-0.2, -0.15) is 4.98 Å². The van der Waals surface area contributed by atoms with E-state index in [2.05, 4.69) is 10.1 Å². The Morgan fingerprint density at radius 3 is 2.89 bits per heavy atom. The van der Waals surface area contributed by atoms with Crippen molar-refractivity contribution in [2.24, 2.45) is 0 Å². The predicted octanol–water partition coefficient (Wildman–Crippen LogP) is 3.88. The van der Waals surface area contributed by atoms with Gasteiger partial charge in [0.15, 0.2) is 0 Å². The van der Waals surface area contributed by atoms with E-state index < -0.39 is 6.10 Å². The van der Waals surface area contributed by atoms with Crippen LogP contribution in [0.25, 0.3) is 11.5 Å². The highest BCUT2D eigenvalue weighted by Gasteiger charge is 2.17. The second kappa shape index (κ2) is 5.69. The highest BCUT2D eigenvalue weighted by atomic mass is 35.5. The summed E-state index contributed by atoms with van der Waals surface area (Å²) in [5, 5.41) is 14.5. The van der Waals surface area contributed by atoms with Crippen molar-refractivity contribution in [3.05, 3.63) is 34.1 Å². The van der Waals surface area contributed by atoms with Crippen molar-refractivity contribution in [3.8, 4) is 11.5 Å². The molecule has 2 aromatic rings. The molecule has 1 unspecified atom stereocenters. The zero-order valence-electron chi connectivity index (χ0n) is 9.73. The number of hydrogen-bond acceptors (Lipinski definition) is 4. The molecule has 1 N–H and O–H groups in total. The van der Waals surface area contributed by atoms with Crippen molar-refractivity contribution in [3.63, 3.8) is 0 Å². The van der Waals surface area contributed by atoms with E-state index in [1.807, 2.05) is 6.92 Å². The maximum atomic E-state index is 9.76. The molecule has 0 saturated carbocycles. The van der Waals surface area contributed by atoms with Crippen LogP contribution in [0, 0.1) is 0 Å². The quantitative estimate of drug-likeness (QED) is 0.927. The monoisotopic (exact) mass is 286 g/mol. The minimum Gasteiger partial charge on any atom is -0.385 e. The third kappa shape index (κ3) is 2.83. The zero-order chi connectivity index (χ0) is 13.1. The first-order valence-corrected chi connectivity index (χ1v) is 6.34. The Hall–Kier alpha value is -1.10. The summed E-state index contributed by atoms with van der Waals surface area (Å²) in [6.07, 6.45) is 0.705. The van der Waals surface area contributed by atoms with Crippen LogP contribution in [0.4, 0.5) is 0 Å². The standard InChI is InChI=1S/C12H12Cl2N2O2/c1-2-3-10(17)11-15-12(18-16-11)8-6-7(13)4-5-9(8)14/h4-6,10,17H,2-3H2,1H3. The Morgan fingerprint density at radius 2 is 2.17 bits per heavy atom. The molecular weight excluding hydrogens is 275 g/mol. The van der Waals surface area contributed by atoms with E-state index >= 15 is 0 Å². The van der Waals surface area contributed by atoms with Crippen LogP contribution < -0.4 is 0 Å². The molecule has 96 valence electrons. The van der Waals surface area contributed by atoms with Gasteiger partial charge in [0.1, 0.15) is 6.10 Å². The van der Waals surface area contributed by atoms with Gasteiger partial charge in [0.05, 0.1) is 10.6 Å². The summed E-state index contributed by atoms with van der Waals surface area (Å²) < 4.78 is 5.09. The molecule has 1 aromatic heterocycles. The molecule has 0 aliphatic heterocycles. The van der Waals surface area contributed by atoms with Gasteiger partial charge < -0.3 is 9.63 Å². The van der Waals surface area contributed by atoms with Crippen LogP contribution in [-0.4, -0.2) is 15.2 Å². The van der Waals surface area contributed by atoms with E-state index in [0.717, 1.165) is 6.42 Å². The van der Waals surface area contributed by atoms with Crippen molar-refractivity contribution in [1.82, 2.24) is 10.1 Å². The number of hydrogen-bond donors (Lipinski definition) is 1. The molecule has 6 heteroatoms. The number of nitrogens with zero attached hydrogens (tertiary/aromatic N) is 2. The summed E-state index contributed by atoms with van der Waals surface area (Å²) in [6, 6.07) is 4.98. The SMILES string of the molecule is CCCC(O)c1noc(-c2cc(Cl)ccc2Cl)n1. The molecule has 0 fully saturated rings. The second-order valence-electron chi connectivity index (χ2n) is 3.89. The van der Waals surface area contributed by atoms with Crippen LogP contribution in [0.5, 0.6) is 0 Å². The highest BCUT2D eigenvalue weighted by molar-refractivity contribution is 6.35. The summed E-state index contributed by atoms with van der Waals surface area (Å²) in [7, 11) is 0. The lowest BCUT2D eigenvalue weighted by atomic mass is 10.2. The van der Waals surface area contributed by atoms with Gasteiger partial charge in [-0.3, -0.25) is 0 Å². The fourth-order valence-electron chi connectivity index (χ4n) is 1.54. The number of aliphatic hydroxyl groups excluding tert-OH is 1. The van der Waals surface area contributed by atoms with E-state index in [0.29, 0.717) is 22.0 Å². The molecular formula is C12H12Cl2N2O2. The highest BCUT2D eigenvalue weighted by Crippen LogP contribution is 2.30. The molecule has 18 heavy (non-hydrogen) atoms. The smallest absolute Gasteiger partial charge is 0.259 e. The molecule has 0 amide bonds. The number of aromatic nitrogens is 2. The minimum atomic E-state index is -0.717. The third-order valence-corrected chi connectivity index (χ3v) is 3.03. The largest absolute Gasteiger partial charge is 0.385 e. The summed E-state index contributed by atoms with van der Waals surface area (Å²) in [4.78, 5) is 4.13. The zero-order valence-corrected chi connectivity index (χ0v) is 11.2. The lowest BCUT2D eigenvalue weighted by molar-refractivity contribution is 0.153. The molecule has 1 aromatic carbocycles. The predicted molar refractivity (Wildman–Crippen MR) is 69.6 cm³/mol. The molecule has 4 nitrogen and oxygen atoms in total. The van der Waals surface area contributed by atoms with E-state index in [4.69, 9.17) is 27.7 Å². The lowest BCUT2D eigenvalue weighted by Gasteiger charge is -2.01. The average Bonchev–Trinajstić information content (AvgIpc) is 2.82. The normalized spacial score (nSPS) is 12.7. The first-order valence-electron chi connectivity index (χ1n) is 5.59. The van der Waals surface area contributed by atoms with Gasteiger partial charge in [0.25, 0.3) is 5.89 Å². The third-order valence-electron chi connectivity index (χ3n) is 2.46. The van der Waals surface area contributed by atoms with Crippen molar-refractivity contribution in [2.75, 3.05) is 0 Å². The first kappa shape index (κ1) is 13.3. The maximum absolute atomic E-state index is 9.76. The van der Waals surface area contributed by atoms with Gasteiger partial charge in [0.2, 0.25) is 5.82 Å². The summed E-state index contributed by atoms with van der Waals surface area (Å²) >= 11 is 11.9. The van der Waals surface area contributed by atoms with E-state index in [9.17, 15) is 5.11 Å². The molecule has 0 spiro atoms. The Balaban J connectivity index is 2.32. The van der Waals surface area contributed by atoms with Crippen LogP contribution in [0.15, 0.2) is 22.7 Å². The number of halogens is 2. The fraction of sp³-hybridized carbons (Fsp3) is 0.333. The number of rotatable bonds is 4. The molecule has 0 aliphatic carbocycles. The Morgan fingerprint density at radius 1 is 1.39 bits per heavy atom. The van der Waals surface area contributed by atoms with Crippen LogP contribution in [0.2, 0.25) is 10.0 Å². The Labute approximate surface area is 115 Å². The van der Waals surface area contributed by atoms with Gasteiger partial charge in [-0.05, 0) is 24.6 Å². The van der Waals surface area contributed by atoms with Crippen LogP contribution in [-0.2, 0) is 0 Å². The van der Waals surface area contributed by atoms with Gasteiger partial charge in [-0.1, -0.05) is 41.7 Å². The maximum Gasteiger partial charge on any atom is 0.259 e. The number of benzene rings is 1. The Kier molecular flexibility index (Phi) is 4.22. The van der Waals surface area contributed by atoms with E-state index in [1.165, 1.54) is 0 Å². The molecule has 0 saturated heterocycles. The summed E-state index contributed by atoms with van der Waals surface area (Å²) in [5.74, 6) is 0.524. The lowest BCUT2D eigenvalue weighted by Crippen LogP contribution is -1.98. The van der Waals surface area contributed by atoms with Gasteiger partial charge in [-0.15, -0.1) is 0 Å². The first-order chi connectivity index (χ1) is 8.61. The molecule has 1 heterocycles. The molecule has 0 radical (unpaired) electrons. The average molecular weight is 287 g/mol. The van der Waals surface area contributed by atoms with Crippen molar-refractivity contribution >= 4 is 23.2 Å². The van der Waals surface area contributed by atoms with E-state index in [-0.39, 0.29) is 11.7 Å².